The van der Waals surface area contributed by atoms with Gasteiger partial charge in [0.1, 0.15) is 0 Å². The molecule has 1 aliphatic heterocycles. The Kier molecular flexibility index (Phi) is 4.29. The van der Waals surface area contributed by atoms with E-state index in [1.54, 1.807) is 0 Å². The zero-order chi connectivity index (χ0) is 13.9. The van der Waals surface area contributed by atoms with Crippen LogP contribution < -0.4 is 14.8 Å². The summed E-state index contributed by atoms with van der Waals surface area (Å²) in [5, 5.41) is 21.4. The third kappa shape index (κ3) is 3.83. The Balaban J connectivity index is 1.95. The summed E-state index contributed by atoms with van der Waals surface area (Å²) < 4.78 is 10.6. The number of β-amino-alcohol motifs (C(OH)–C–C–N with tert-alkyl or cyclic N) is 1. The first-order valence-corrected chi connectivity index (χ1v) is 6.43. The van der Waals surface area contributed by atoms with Crippen molar-refractivity contribution in [1.29, 1.82) is 0 Å². The summed E-state index contributed by atoms with van der Waals surface area (Å²) in [5.74, 6) is 1.56. The average Bonchev–Trinajstić information content (AvgIpc) is 2.83. The fourth-order valence-electron chi connectivity index (χ4n) is 2.08. The topological polar surface area (TPSA) is 71.0 Å². The highest BCUT2D eigenvalue weighted by atomic mass is 16.7. The number of benzene rings is 1. The molecule has 19 heavy (non-hydrogen) atoms. The molecule has 0 aromatic heterocycles. The molecule has 1 heterocycles. The molecule has 0 unspecified atom stereocenters. The first-order valence-electron chi connectivity index (χ1n) is 6.43. The molecule has 0 spiro atoms. The van der Waals surface area contributed by atoms with Crippen LogP contribution in [0.5, 0.6) is 11.5 Å². The van der Waals surface area contributed by atoms with Crippen molar-refractivity contribution in [2.75, 3.05) is 19.9 Å². The van der Waals surface area contributed by atoms with E-state index >= 15 is 0 Å². The lowest BCUT2D eigenvalue weighted by Crippen LogP contribution is -2.45. The van der Waals surface area contributed by atoms with Crippen LogP contribution in [0.4, 0.5) is 0 Å². The first-order chi connectivity index (χ1) is 9.00. The fourth-order valence-corrected chi connectivity index (χ4v) is 2.08. The predicted molar refractivity (Wildman–Crippen MR) is 71.4 cm³/mol. The van der Waals surface area contributed by atoms with Gasteiger partial charge in [-0.2, -0.15) is 0 Å². The van der Waals surface area contributed by atoms with E-state index in [1.807, 2.05) is 18.2 Å². The lowest BCUT2D eigenvalue weighted by Gasteiger charge is -2.27. The monoisotopic (exact) mass is 267 g/mol. The van der Waals surface area contributed by atoms with Gasteiger partial charge in [0.15, 0.2) is 11.5 Å². The number of hydrogen-bond acceptors (Lipinski definition) is 5. The third-order valence-electron chi connectivity index (χ3n) is 3.11. The molecule has 0 saturated heterocycles. The van der Waals surface area contributed by atoms with Crippen LogP contribution in [0.25, 0.3) is 0 Å². The van der Waals surface area contributed by atoms with Gasteiger partial charge in [-0.1, -0.05) is 6.07 Å². The Morgan fingerprint density at radius 3 is 2.79 bits per heavy atom. The minimum absolute atomic E-state index is 0.177. The van der Waals surface area contributed by atoms with E-state index in [9.17, 15) is 5.11 Å². The number of rotatable bonds is 6. The molecule has 1 aliphatic rings. The maximum absolute atomic E-state index is 9.37. The Bertz CT molecular complexity index is 433. The number of ether oxygens (including phenoxy) is 2. The van der Waals surface area contributed by atoms with Crippen LogP contribution in [0.2, 0.25) is 0 Å². The second-order valence-corrected chi connectivity index (χ2v) is 5.47. The summed E-state index contributed by atoms with van der Waals surface area (Å²) >= 11 is 0. The number of nitrogens with one attached hydrogen (secondary N) is 1. The quantitative estimate of drug-likeness (QED) is 0.707. The van der Waals surface area contributed by atoms with Crippen molar-refractivity contribution in [2.45, 2.75) is 31.9 Å². The van der Waals surface area contributed by atoms with E-state index in [4.69, 9.17) is 14.6 Å². The van der Waals surface area contributed by atoms with Crippen LogP contribution in [-0.4, -0.2) is 41.8 Å². The summed E-state index contributed by atoms with van der Waals surface area (Å²) in [7, 11) is 0. The molecule has 5 heteroatoms. The Morgan fingerprint density at radius 2 is 2.05 bits per heavy atom. The molecule has 0 amide bonds. The highest BCUT2D eigenvalue weighted by molar-refractivity contribution is 5.44. The van der Waals surface area contributed by atoms with E-state index in [1.165, 1.54) is 0 Å². The van der Waals surface area contributed by atoms with Gasteiger partial charge in [-0.3, -0.25) is 0 Å². The van der Waals surface area contributed by atoms with E-state index in [0.29, 0.717) is 6.54 Å². The molecule has 2 rings (SSSR count). The molecular weight excluding hydrogens is 246 g/mol. The van der Waals surface area contributed by atoms with Gasteiger partial charge in [-0.05, 0) is 38.0 Å². The van der Waals surface area contributed by atoms with Crippen molar-refractivity contribution >= 4 is 0 Å². The average molecular weight is 267 g/mol. The molecule has 0 bridgehead atoms. The molecular formula is C14H21NO4. The normalized spacial score (nSPS) is 15.6. The van der Waals surface area contributed by atoms with Crippen LogP contribution in [0.15, 0.2) is 18.2 Å². The van der Waals surface area contributed by atoms with Gasteiger partial charge >= 0.3 is 0 Å². The molecule has 1 aromatic carbocycles. The lowest BCUT2D eigenvalue weighted by atomic mass is 9.94. The summed E-state index contributed by atoms with van der Waals surface area (Å²) in [6, 6.07) is 5.91. The smallest absolute Gasteiger partial charge is 0.231 e. The largest absolute Gasteiger partial charge is 0.454 e. The Hall–Kier alpha value is -1.30. The van der Waals surface area contributed by atoms with Crippen molar-refractivity contribution in [3.05, 3.63) is 23.8 Å². The summed E-state index contributed by atoms with van der Waals surface area (Å²) in [4.78, 5) is 0. The Labute approximate surface area is 113 Å². The zero-order valence-corrected chi connectivity index (χ0v) is 11.3. The van der Waals surface area contributed by atoms with Crippen molar-refractivity contribution < 1.29 is 19.7 Å². The van der Waals surface area contributed by atoms with Gasteiger partial charge in [-0.25, -0.2) is 0 Å². The van der Waals surface area contributed by atoms with Gasteiger partial charge in [0.2, 0.25) is 6.79 Å². The van der Waals surface area contributed by atoms with Gasteiger partial charge in [0.25, 0.3) is 0 Å². The Morgan fingerprint density at radius 1 is 1.32 bits per heavy atom. The van der Waals surface area contributed by atoms with E-state index in [-0.39, 0.29) is 18.9 Å². The fraction of sp³-hybridized carbons (Fsp3) is 0.571. The number of hydrogen-bond donors (Lipinski definition) is 3. The predicted octanol–water partition coefficient (Wildman–Crippen LogP) is 0.679. The van der Waals surface area contributed by atoms with Gasteiger partial charge in [-0.15, -0.1) is 0 Å². The van der Waals surface area contributed by atoms with Crippen LogP contribution in [0, 0.1) is 0 Å². The summed E-state index contributed by atoms with van der Waals surface area (Å²) in [6.07, 6.45) is 0.0675. The van der Waals surface area contributed by atoms with Crippen molar-refractivity contribution in [3.8, 4) is 11.5 Å². The maximum atomic E-state index is 9.37. The van der Waals surface area contributed by atoms with Gasteiger partial charge in [0.05, 0.1) is 12.7 Å². The molecule has 0 aliphatic carbocycles. The molecule has 0 fully saturated rings. The number of aliphatic hydroxyl groups is 2. The molecule has 0 saturated carbocycles. The van der Waals surface area contributed by atoms with Crippen molar-refractivity contribution in [2.24, 2.45) is 0 Å². The minimum atomic E-state index is -0.726. The van der Waals surface area contributed by atoms with E-state index in [0.717, 1.165) is 23.5 Å². The van der Waals surface area contributed by atoms with Crippen LogP contribution in [0.3, 0.4) is 0 Å². The van der Waals surface area contributed by atoms with Crippen LogP contribution in [0.1, 0.15) is 19.4 Å². The first kappa shape index (κ1) is 14.1. The van der Waals surface area contributed by atoms with Crippen molar-refractivity contribution in [1.82, 2.24) is 5.32 Å². The summed E-state index contributed by atoms with van der Waals surface area (Å²) in [6.45, 7) is 4.54. The molecule has 1 aromatic rings. The second-order valence-electron chi connectivity index (χ2n) is 5.47. The van der Waals surface area contributed by atoms with E-state index in [2.05, 4.69) is 19.2 Å². The molecule has 5 nitrogen and oxygen atoms in total. The SMILES string of the molecule is CC(C)(Cc1ccc2c(c1)OCO2)NC[C@@H](O)CO. The molecule has 1 atom stereocenters. The minimum Gasteiger partial charge on any atom is -0.454 e. The lowest BCUT2D eigenvalue weighted by molar-refractivity contribution is 0.0877. The van der Waals surface area contributed by atoms with Crippen LogP contribution >= 0.6 is 0 Å². The standard InChI is InChI=1S/C14H21NO4/c1-14(2,15-7-11(17)8-16)6-10-3-4-12-13(5-10)19-9-18-12/h3-5,11,15-17H,6-9H2,1-2H3/t11-/m1/s1. The van der Waals surface area contributed by atoms with Gasteiger partial charge < -0.3 is 25.0 Å². The van der Waals surface area contributed by atoms with Crippen molar-refractivity contribution in [3.63, 3.8) is 0 Å². The van der Waals surface area contributed by atoms with E-state index < -0.39 is 6.10 Å². The third-order valence-corrected chi connectivity index (χ3v) is 3.11. The number of aliphatic hydroxyl groups excluding tert-OH is 2. The number of fused-ring (bicyclic) bond motifs is 1. The summed E-state index contributed by atoms with van der Waals surface area (Å²) in [5.41, 5.74) is 0.962. The van der Waals surface area contributed by atoms with Crippen LogP contribution in [-0.2, 0) is 6.42 Å². The highest BCUT2D eigenvalue weighted by Crippen LogP contribution is 2.33. The molecule has 3 N–H and O–H groups in total. The highest BCUT2D eigenvalue weighted by Gasteiger charge is 2.21. The van der Waals surface area contributed by atoms with Gasteiger partial charge in [0, 0.05) is 12.1 Å². The molecule has 106 valence electrons. The second kappa shape index (κ2) is 5.77. The molecule has 0 radical (unpaired) electrons. The zero-order valence-electron chi connectivity index (χ0n) is 11.3. The maximum Gasteiger partial charge on any atom is 0.231 e.